The van der Waals surface area contributed by atoms with E-state index in [-0.39, 0.29) is 18.8 Å². The number of rotatable bonds is 5. The Morgan fingerprint density at radius 2 is 1.82 bits per heavy atom. The number of anilines is 1. The Kier molecular flexibility index (Phi) is 4.68. The van der Waals surface area contributed by atoms with Gasteiger partial charge in [-0.25, -0.2) is 8.78 Å². The molecule has 0 aliphatic rings. The molecule has 7 heteroatoms. The maximum absolute atomic E-state index is 12.7. The van der Waals surface area contributed by atoms with Crippen molar-refractivity contribution in [1.82, 2.24) is 0 Å². The van der Waals surface area contributed by atoms with E-state index in [9.17, 15) is 22.0 Å². The summed E-state index contributed by atoms with van der Waals surface area (Å²) in [4.78, 5) is 0. The molecule has 1 N–H and O–H groups in total. The van der Waals surface area contributed by atoms with Crippen LogP contribution < -0.4 is 5.32 Å². The predicted molar refractivity (Wildman–Crippen MR) is 51.7 cm³/mol. The molecule has 0 atom stereocenters. The molecule has 96 valence electrons. The lowest BCUT2D eigenvalue weighted by Gasteiger charge is -2.09. The largest absolute Gasteiger partial charge is 0.411 e. The molecular formula is C10H10F5NO. The maximum Gasteiger partial charge on any atom is 0.411 e. The summed E-state index contributed by atoms with van der Waals surface area (Å²) in [5, 5.41) is 2.60. The van der Waals surface area contributed by atoms with E-state index < -0.39 is 24.4 Å². The molecule has 0 aliphatic heterocycles. The second-order valence-electron chi connectivity index (χ2n) is 3.22. The minimum atomic E-state index is -4.36. The molecule has 0 unspecified atom stereocenters. The Balaban J connectivity index is 2.25. The van der Waals surface area contributed by atoms with Gasteiger partial charge in [0.15, 0.2) is 11.6 Å². The summed E-state index contributed by atoms with van der Waals surface area (Å²) in [5.74, 6) is -2.00. The van der Waals surface area contributed by atoms with E-state index in [1.807, 2.05) is 0 Å². The highest BCUT2D eigenvalue weighted by Gasteiger charge is 2.27. The summed E-state index contributed by atoms with van der Waals surface area (Å²) in [6, 6.07) is 3.12. The number of alkyl halides is 3. The summed E-state index contributed by atoms with van der Waals surface area (Å²) in [7, 11) is 0. The lowest BCUT2D eigenvalue weighted by molar-refractivity contribution is -0.172. The molecule has 0 aliphatic carbocycles. The van der Waals surface area contributed by atoms with Crippen molar-refractivity contribution in [1.29, 1.82) is 0 Å². The third-order valence-corrected chi connectivity index (χ3v) is 1.76. The zero-order chi connectivity index (χ0) is 12.9. The first-order valence-corrected chi connectivity index (χ1v) is 4.72. The van der Waals surface area contributed by atoms with E-state index in [4.69, 9.17) is 0 Å². The molecule has 0 radical (unpaired) electrons. The molecule has 0 bridgehead atoms. The predicted octanol–water partition coefficient (Wildman–Crippen LogP) is 2.96. The molecule has 1 aromatic rings. The second-order valence-corrected chi connectivity index (χ2v) is 3.22. The zero-order valence-corrected chi connectivity index (χ0v) is 8.65. The molecule has 0 aromatic heterocycles. The quantitative estimate of drug-likeness (QED) is 0.645. The van der Waals surface area contributed by atoms with Crippen LogP contribution in [0, 0.1) is 11.6 Å². The molecular weight excluding hydrogens is 245 g/mol. The van der Waals surface area contributed by atoms with E-state index in [0.717, 1.165) is 12.1 Å². The van der Waals surface area contributed by atoms with Gasteiger partial charge in [-0.15, -0.1) is 0 Å². The van der Waals surface area contributed by atoms with Gasteiger partial charge in [-0.2, -0.15) is 13.2 Å². The first-order valence-electron chi connectivity index (χ1n) is 4.72. The molecule has 0 heterocycles. The van der Waals surface area contributed by atoms with Crippen molar-refractivity contribution in [3.05, 3.63) is 29.8 Å². The van der Waals surface area contributed by atoms with E-state index in [0.29, 0.717) is 0 Å². The molecule has 0 spiro atoms. The highest BCUT2D eigenvalue weighted by molar-refractivity contribution is 5.43. The van der Waals surface area contributed by atoms with Gasteiger partial charge in [0, 0.05) is 18.3 Å². The molecule has 17 heavy (non-hydrogen) atoms. The van der Waals surface area contributed by atoms with Gasteiger partial charge in [0.2, 0.25) is 0 Å². The average Bonchev–Trinajstić information content (AvgIpc) is 2.21. The SMILES string of the molecule is Fc1ccc(NCCOCC(F)(F)F)cc1F. The standard InChI is InChI=1S/C10H10F5NO/c11-8-2-1-7(5-9(8)12)16-3-4-17-6-10(13,14)15/h1-2,5,16H,3-4,6H2. The lowest BCUT2D eigenvalue weighted by Crippen LogP contribution is -2.20. The summed E-state index contributed by atoms with van der Waals surface area (Å²) in [6.45, 7) is -1.44. The number of hydrogen-bond donors (Lipinski definition) is 1. The molecule has 1 aromatic carbocycles. The zero-order valence-electron chi connectivity index (χ0n) is 8.65. The number of benzene rings is 1. The van der Waals surface area contributed by atoms with Crippen molar-refractivity contribution in [2.24, 2.45) is 0 Å². The fraction of sp³-hybridized carbons (Fsp3) is 0.400. The van der Waals surface area contributed by atoms with E-state index in [1.165, 1.54) is 6.07 Å². The van der Waals surface area contributed by atoms with Gasteiger partial charge in [-0.3, -0.25) is 0 Å². The summed E-state index contributed by atoms with van der Waals surface area (Å²) >= 11 is 0. The molecule has 2 nitrogen and oxygen atoms in total. The minimum absolute atomic E-state index is 0.0706. The van der Waals surface area contributed by atoms with Gasteiger partial charge < -0.3 is 10.1 Å². The third kappa shape index (κ3) is 5.48. The maximum atomic E-state index is 12.7. The summed E-state index contributed by atoms with van der Waals surface area (Å²) < 4.78 is 64.6. The summed E-state index contributed by atoms with van der Waals surface area (Å²) in [5.41, 5.74) is 0.277. The van der Waals surface area contributed by atoms with Crippen molar-refractivity contribution < 1.29 is 26.7 Å². The second kappa shape index (κ2) is 5.81. The number of halogens is 5. The van der Waals surface area contributed by atoms with Crippen LogP contribution >= 0.6 is 0 Å². The number of hydrogen-bond acceptors (Lipinski definition) is 2. The molecule has 0 fully saturated rings. The van der Waals surface area contributed by atoms with Crippen LogP contribution in [0.25, 0.3) is 0 Å². The Morgan fingerprint density at radius 3 is 2.41 bits per heavy atom. The average molecular weight is 255 g/mol. The minimum Gasteiger partial charge on any atom is -0.383 e. The highest BCUT2D eigenvalue weighted by Crippen LogP contribution is 2.15. The number of nitrogens with one attached hydrogen (secondary N) is 1. The van der Waals surface area contributed by atoms with Crippen molar-refractivity contribution >= 4 is 5.69 Å². The van der Waals surface area contributed by atoms with Crippen LogP contribution in [0.1, 0.15) is 0 Å². The van der Waals surface area contributed by atoms with Crippen LogP contribution in [0.3, 0.4) is 0 Å². The fourth-order valence-electron chi connectivity index (χ4n) is 1.06. The van der Waals surface area contributed by atoms with E-state index >= 15 is 0 Å². The monoisotopic (exact) mass is 255 g/mol. The lowest BCUT2D eigenvalue weighted by atomic mass is 10.3. The van der Waals surface area contributed by atoms with Crippen LogP contribution in [-0.2, 0) is 4.74 Å². The first kappa shape index (κ1) is 13.7. The Hall–Kier alpha value is -1.37. The molecule has 0 amide bonds. The Labute approximate surface area is 94.4 Å². The molecule has 0 saturated carbocycles. The van der Waals surface area contributed by atoms with Gasteiger partial charge in [-0.05, 0) is 12.1 Å². The van der Waals surface area contributed by atoms with Crippen LogP contribution in [0.5, 0.6) is 0 Å². The van der Waals surface area contributed by atoms with Crippen LogP contribution in [0.2, 0.25) is 0 Å². The van der Waals surface area contributed by atoms with Crippen LogP contribution in [0.4, 0.5) is 27.6 Å². The van der Waals surface area contributed by atoms with Gasteiger partial charge in [0.1, 0.15) is 6.61 Å². The van der Waals surface area contributed by atoms with Gasteiger partial charge in [-0.1, -0.05) is 0 Å². The fourth-order valence-corrected chi connectivity index (χ4v) is 1.06. The Morgan fingerprint density at radius 1 is 1.12 bits per heavy atom. The van der Waals surface area contributed by atoms with E-state index in [2.05, 4.69) is 10.1 Å². The highest BCUT2D eigenvalue weighted by atomic mass is 19.4. The van der Waals surface area contributed by atoms with Crippen molar-refractivity contribution in [3.8, 4) is 0 Å². The van der Waals surface area contributed by atoms with Gasteiger partial charge in [0.05, 0.1) is 6.61 Å². The third-order valence-electron chi connectivity index (χ3n) is 1.76. The Bertz CT molecular complexity index is 366. The van der Waals surface area contributed by atoms with E-state index in [1.54, 1.807) is 0 Å². The van der Waals surface area contributed by atoms with Crippen molar-refractivity contribution in [2.75, 3.05) is 25.1 Å². The van der Waals surface area contributed by atoms with Gasteiger partial charge in [0.25, 0.3) is 0 Å². The molecule has 1 rings (SSSR count). The topological polar surface area (TPSA) is 21.3 Å². The van der Waals surface area contributed by atoms with Crippen molar-refractivity contribution in [2.45, 2.75) is 6.18 Å². The summed E-state index contributed by atoms with van der Waals surface area (Å²) in [6.07, 6.45) is -4.36. The van der Waals surface area contributed by atoms with Crippen molar-refractivity contribution in [3.63, 3.8) is 0 Å². The van der Waals surface area contributed by atoms with Gasteiger partial charge >= 0.3 is 6.18 Å². The normalized spacial score (nSPS) is 11.6. The van der Waals surface area contributed by atoms with Crippen LogP contribution in [0.15, 0.2) is 18.2 Å². The molecule has 0 saturated heterocycles. The van der Waals surface area contributed by atoms with Crippen LogP contribution in [-0.4, -0.2) is 25.9 Å². The first-order chi connectivity index (χ1) is 7.88. The smallest absolute Gasteiger partial charge is 0.383 e. The number of ether oxygens (including phenoxy) is 1.